The number of para-hydroxylation sites is 2. The van der Waals surface area contributed by atoms with Gasteiger partial charge in [-0.3, -0.25) is 4.57 Å². The van der Waals surface area contributed by atoms with Crippen molar-refractivity contribution < 1.29 is 4.74 Å². The normalized spacial score (nSPS) is 12.2. The molecule has 9 rings (SSSR count). The molecule has 3 heterocycles. The third kappa shape index (κ3) is 2.90. The molecule has 0 amide bonds. The molecule has 186 valence electrons. The van der Waals surface area contributed by atoms with Gasteiger partial charge in [0.1, 0.15) is 11.3 Å². The molecule has 6 aromatic carbocycles. The second kappa shape index (κ2) is 8.01. The van der Waals surface area contributed by atoms with Crippen molar-refractivity contribution in [2.75, 3.05) is 0 Å². The zero-order valence-electron chi connectivity index (χ0n) is 21.4. The summed E-state index contributed by atoms with van der Waals surface area (Å²) in [6.07, 6.45) is 0. The lowest BCUT2D eigenvalue weighted by atomic mass is 9.94. The van der Waals surface area contributed by atoms with Crippen molar-refractivity contribution in [3.63, 3.8) is 0 Å². The molecule has 0 bridgehead atoms. The van der Waals surface area contributed by atoms with Crippen molar-refractivity contribution >= 4 is 43.5 Å². The van der Waals surface area contributed by atoms with Crippen molar-refractivity contribution in [1.29, 1.82) is 0 Å². The molecule has 0 saturated carbocycles. The highest BCUT2D eigenvalue weighted by Gasteiger charge is 2.26. The largest absolute Gasteiger partial charge is 0.454 e. The van der Waals surface area contributed by atoms with E-state index in [1.165, 1.54) is 10.9 Å². The first-order valence-electron chi connectivity index (χ1n) is 13.4. The van der Waals surface area contributed by atoms with Crippen LogP contribution in [0, 0.1) is 0 Å². The van der Waals surface area contributed by atoms with Crippen molar-refractivity contribution in [3.8, 4) is 39.8 Å². The van der Waals surface area contributed by atoms with Crippen LogP contribution < -0.4 is 4.74 Å². The first kappa shape index (κ1) is 21.5. The summed E-state index contributed by atoms with van der Waals surface area (Å²) in [5.41, 5.74) is 7.14. The number of fused-ring (bicyclic) bond motifs is 7. The molecule has 4 nitrogen and oxygen atoms in total. The van der Waals surface area contributed by atoms with Crippen LogP contribution in [0.1, 0.15) is 0 Å². The van der Waals surface area contributed by atoms with Gasteiger partial charge in [-0.25, -0.2) is 9.97 Å². The fourth-order valence-electron chi connectivity index (χ4n) is 6.26. The summed E-state index contributed by atoms with van der Waals surface area (Å²) in [4.78, 5) is 10.4. The van der Waals surface area contributed by atoms with Gasteiger partial charge < -0.3 is 4.74 Å². The monoisotopic (exact) mass is 511 g/mol. The van der Waals surface area contributed by atoms with E-state index in [4.69, 9.17) is 14.7 Å². The van der Waals surface area contributed by atoms with Crippen LogP contribution in [0.15, 0.2) is 127 Å². The van der Waals surface area contributed by atoms with E-state index in [1.807, 2.05) is 18.2 Å². The van der Waals surface area contributed by atoms with Crippen LogP contribution in [-0.2, 0) is 0 Å². The van der Waals surface area contributed by atoms with Crippen LogP contribution >= 0.6 is 0 Å². The Labute approximate surface area is 229 Å². The summed E-state index contributed by atoms with van der Waals surface area (Å²) < 4.78 is 8.96. The van der Waals surface area contributed by atoms with Gasteiger partial charge in [0.05, 0.1) is 16.7 Å². The van der Waals surface area contributed by atoms with Crippen LogP contribution in [0.2, 0.25) is 0 Å². The highest BCUT2D eigenvalue weighted by Crippen LogP contribution is 2.51. The van der Waals surface area contributed by atoms with Crippen LogP contribution in [0.25, 0.3) is 71.8 Å². The van der Waals surface area contributed by atoms with Crippen molar-refractivity contribution in [2.24, 2.45) is 0 Å². The van der Waals surface area contributed by atoms with E-state index >= 15 is 0 Å². The number of hydrogen-bond donors (Lipinski definition) is 0. The number of rotatable bonds is 2. The van der Waals surface area contributed by atoms with Gasteiger partial charge in [0.25, 0.3) is 0 Å². The van der Waals surface area contributed by atoms with Crippen LogP contribution in [0.3, 0.4) is 0 Å². The molecule has 0 atom stereocenters. The maximum absolute atomic E-state index is 6.78. The molecule has 1 aliphatic heterocycles. The lowest BCUT2D eigenvalue weighted by Gasteiger charge is -2.22. The predicted molar refractivity (Wildman–Crippen MR) is 162 cm³/mol. The molecule has 40 heavy (non-hydrogen) atoms. The number of hydrogen-bond acceptors (Lipinski definition) is 3. The molecular formula is C36H21N3O. The van der Waals surface area contributed by atoms with Crippen molar-refractivity contribution in [2.45, 2.75) is 0 Å². The Morgan fingerprint density at radius 1 is 0.550 bits per heavy atom. The smallest absolute Gasteiger partial charge is 0.235 e. The average Bonchev–Trinajstić information content (AvgIpc) is 3.36. The Hall–Kier alpha value is -5.48. The Kier molecular flexibility index (Phi) is 4.30. The first-order valence-corrected chi connectivity index (χ1v) is 13.4. The number of aromatic nitrogens is 3. The molecule has 0 saturated heterocycles. The van der Waals surface area contributed by atoms with Crippen molar-refractivity contribution in [3.05, 3.63) is 127 Å². The topological polar surface area (TPSA) is 39.9 Å². The summed E-state index contributed by atoms with van der Waals surface area (Å²) in [6.45, 7) is 0. The lowest BCUT2D eigenvalue weighted by molar-refractivity contribution is 0.491. The zero-order valence-corrected chi connectivity index (χ0v) is 21.4. The average molecular weight is 512 g/mol. The van der Waals surface area contributed by atoms with Gasteiger partial charge in [-0.05, 0) is 35.2 Å². The van der Waals surface area contributed by atoms with E-state index in [-0.39, 0.29) is 0 Å². The van der Waals surface area contributed by atoms with Crippen LogP contribution in [0.5, 0.6) is 11.5 Å². The Bertz CT molecular complexity index is 2300. The van der Waals surface area contributed by atoms with E-state index in [2.05, 4.69) is 114 Å². The standard InChI is InChI=1S/C36H21N3O/c1-2-10-23(11-3-1)33-28-15-4-6-17-29(28)37-36(38-33)39-30-18-7-5-14-24(30)26-20-21-27-25-16-8-12-22-13-9-19-31(32(22)25)40-35(27)34(26)39/h1-21H. The predicted octanol–water partition coefficient (Wildman–Crippen LogP) is 9.32. The fourth-order valence-corrected chi connectivity index (χ4v) is 6.26. The summed E-state index contributed by atoms with van der Waals surface area (Å²) in [6, 6.07) is 44.1. The van der Waals surface area contributed by atoms with Crippen LogP contribution in [-0.4, -0.2) is 14.5 Å². The highest BCUT2D eigenvalue weighted by molar-refractivity contribution is 6.15. The van der Waals surface area contributed by atoms with Crippen molar-refractivity contribution in [1.82, 2.24) is 14.5 Å². The minimum atomic E-state index is 0.623. The third-order valence-electron chi connectivity index (χ3n) is 8.00. The van der Waals surface area contributed by atoms with Gasteiger partial charge in [0.2, 0.25) is 5.95 Å². The molecular weight excluding hydrogens is 490 g/mol. The number of benzene rings is 6. The third-order valence-corrected chi connectivity index (χ3v) is 8.00. The number of ether oxygens (including phenoxy) is 1. The molecule has 4 heteroatoms. The molecule has 1 aliphatic rings. The quantitative estimate of drug-likeness (QED) is 0.232. The van der Waals surface area contributed by atoms with Gasteiger partial charge in [0.15, 0.2) is 5.75 Å². The summed E-state index contributed by atoms with van der Waals surface area (Å²) in [7, 11) is 0. The summed E-state index contributed by atoms with van der Waals surface area (Å²) >= 11 is 0. The molecule has 0 spiro atoms. The van der Waals surface area contributed by atoms with E-state index < -0.39 is 0 Å². The molecule has 0 aliphatic carbocycles. The minimum absolute atomic E-state index is 0.623. The second-order valence-electron chi connectivity index (χ2n) is 10.2. The highest BCUT2D eigenvalue weighted by atomic mass is 16.5. The van der Waals surface area contributed by atoms with Gasteiger partial charge >= 0.3 is 0 Å². The molecule has 0 fully saturated rings. The van der Waals surface area contributed by atoms with Gasteiger partial charge in [-0.2, -0.15) is 0 Å². The van der Waals surface area contributed by atoms with Gasteiger partial charge in [0, 0.05) is 32.7 Å². The van der Waals surface area contributed by atoms with E-state index in [9.17, 15) is 0 Å². The molecule has 0 N–H and O–H groups in total. The zero-order chi connectivity index (χ0) is 26.2. The number of nitrogens with zero attached hydrogens (tertiary/aromatic N) is 3. The van der Waals surface area contributed by atoms with E-state index in [0.29, 0.717) is 5.95 Å². The Morgan fingerprint density at radius 2 is 1.32 bits per heavy atom. The SMILES string of the molecule is c1ccc(-c2nc(-n3c4ccccc4c4ccc5c(c43)Oc3cccc4cccc-5c34)nc3ccccc23)cc1. The molecule has 0 unspecified atom stereocenters. The second-order valence-corrected chi connectivity index (χ2v) is 10.2. The minimum Gasteiger partial charge on any atom is -0.454 e. The van der Waals surface area contributed by atoms with E-state index in [0.717, 1.165) is 66.4 Å². The molecule has 0 radical (unpaired) electrons. The maximum Gasteiger partial charge on any atom is 0.235 e. The van der Waals surface area contributed by atoms with Gasteiger partial charge in [-0.15, -0.1) is 0 Å². The van der Waals surface area contributed by atoms with Gasteiger partial charge in [-0.1, -0.05) is 103 Å². The maximum atomic E-state index is 6.78. The Balaban J connectivity index is 1.43. The summed E-state index contributed by atoms with van der Waals surface area (Å²) in [5.74, 6) is 2.32. The lowest BCUT2D eigenvalue weighted by Crippen LogP contribution is -2.05. The summed E-state index contributed by atoms with van der Waals surface area (Å²) in [5, 5.41) is 5.59. The van der Waals surface area contributed by atoms with Crippen LogP contribution in [0.4, 0.5) is 0 Å². The fraction of sp³-hybridized carbons (Fsp3) is 0. The molecule has 8 aromatic rings. The Morgan fingerprint density at radius 3 is 2.23 bits per heavy atom. The first-order chi connectivity index (χ1) is 19.8. The molecule has 2 aromatic heterocycles. The van der Waals surface area contributed by atoms with E-state index in [1.54, 1.807) is 0 Å².